The summed E-state index contributed by atoms with van der Waals surface area (Å²) >= 11 is 0. The Morgan fingerprint density at radius 1 is 1.21 bits per heavy atom. The van der Waals surface area contributed by atoms with Gasteiger partial charge in [-0.15, -0.1) is 6.58 Å². The first-order valence-corrected chi connectivity index (χ1v) is 9.42. The first-order valence-electron chi connectivity index (χ1n) is 9.42. The van der Waals surface area contributed by atoms with Gasteiger partial charge in [-0.25, -0.2) is 4.79 Å². The minimum absolute atomic E-state index is 0.0682. The highest BCUT2D eigenvalue weighted by Gasteiger charge is 2.38. The number of hydrogen-bond acceptors (Lipinski definition) is 5. The summed E-state index contributed by atoms with van der Waals surface area (Å²) in [5, 5.41) is 1.07. The van der Waals surface area contributed by atoms with E-state index in [1.54, 1.807) is 45.0 Å². The van der Waals surface area contributed by atoms with Crippen LogP contribution in [0.4, 0.5) is 4.79 Å². The minimum atomic E-state index is -0.742. The van der Waals surface area contributed by atoms with Crippen molar-refractivity contribution in [3.8, 4) is 0 Å². The summed E-state index contributed by atoms with van der Waals surface area (Å²) in [6.45, 7) is 11.3. The number of carbonyl (C=O) groups is 3. The molecule has 0 radical (unpaired) electrons. The van der Waals surface area contributed by atoms with Gasteiger partial charge in [-0.1, -0.05) is 31.6 Å². The zero-order valence-electron chi connectivity index (χ0n) is 16.9. The Morgan fingerprint density at radius 3 is 2.25 bits per heavy atom. The third-order valence-electron chi connectivity index (χ3n) is 4.12. The van der Waals surface area contributed by atoms with E-state index in [9.17, 15) is 14.4 Å². The van der Waals surface area contributed by atoms with Gasteiger partial charge in [-0.05, 0) is 39.3 Å². The second kappa shape index (κ2) is 9.01. The molecule has 1 aromatic carbocycles. The Bertz CT molecular complexity index is 718. The SMILES string of the molecule is C=C[C@H](CN1C(=O)c2ccccc2C1=O)N(OCCCC)C(=O)OC(C)(C)C. The lowest BCUT2D eigenvalue weighted by Gasteiger charge is -2.32. The maximum absolute atomic E-state index is 12.7. The number of rotatable bonds is 8. The van der Waals surface area contributed by atoms with E-state index in [4.69, 9.17) is 9.57 Å². The molecule has 0 saturated carbocycles. The van der Waals surface area contributed by atoms with Crippen LogP contribution in [0.5, 0.6) is 0 Å². The fraction of sp³-hybridized carbons (Fsp3) is 0.476. The Balaban J connectivity index is 2.21. The second-order valence-electron chi connectivity index (χ2n) is 7.56. The van der Waals surface area contributed by atoms with Crippen molar-refractivity contribution in [2.45, 2.75) is 52.2 Å². The number of hydrogen-bond donors (Lipinski definition) is 0. The van der Waals surface area contributed by atoms with E-state index in [0.29, 0.717) is 17.7 Å². The van der Waals surface area contributed by atoms with E-state index in [1.807, 2.05) is 6.92 Å². The number of fused-ring (bicyclic) bond motifs is 1. The number of benzene rings is 1. The summed E-state index contributed by atoms with van der Waals surface area (Å²) < 4.78 is 5.42. The van der Waals surface area contributed by atoms with Gasteiger partial charge in [0, 0.05) is 0 Å². The van der Waals surface area contributed by atoms with Crippen LogP contribution in [0.2, 0.25) is 0 Å². The van der Waals surface area contributed by atoms with Gasteiger partial charge in [0.05, 0.1) is 30.3 Å². The lowest BCUT2D eigenvalue weighted by molar-refractivity contribution is -0.163. The largest absolute Gasteiger partial charge is 0.442 e. The maximum Gasteiger partial charge on any atom is 0.435 e. The maximum atomic E-state index is 12.7. The van der Waals surface area contributed by atoms with Gasteiger partial charge in [0.15, 0.2) is 0 Å². The molecule has 0 fully saturated rings. The van der Waals surface area contributed by atoms with Gasteiger partial charge in [0.1, 0.15) is 5.60 Å². The summed E-state index contributed by atoms with van der Waals surface area (Å²) in [4.78, 5) is 44.7. The number of carbonyl (C=O) groups excluding carboxylic acids is 3. The lowest BCUT2D eigenvalue weighted by Crippen LogP contribution is -2.49. The monoisotopic (exact) mass is 388 g/mol. The normalized spacial score (nSPS) is 14.6. The van der Waals surface area contributed by atoms with Crippen molar-refractivity contribution in [2.75, 3.05) is 13.2 Å². The van der Waals surface area contributed by atoms with E-state index in [1.165, 1.54) is 6.08 Å². The topological polar surface area (TPSA) is 76.2 Å². The van der Waals surface area contributed by atoms with E-state index in [-0.39, 0.29) is 6.54 Å². The van der Waals surface area contributed by atoms with Gasteiger partial charge in [0.2, 0.25) is 0 Å². The third-order valence-corrected chi connectivity index (χ3v) is 4.12. The van der Waals surface area contributed by atoms with E-state index in [2.05, 4.69) is 6.58 Å². The van der Waals surface area contributed by atoms with Gasteiger partial charge in [-0.3, -0.25) is 19.3 Å². The summed E-state index contributed by atoms with van der Waals surface area (Å²) in [5.74, 6) is -0.796. The van der Waals surface area contributed by atoms with Crippen molar-refractivity contribution >= 4 is 17.9 Å². The van der Waals surface area contributed by atoms with Crippen molar-refractivity contribution in [1.82, 2.24) is 9.96 Å². The highest BCUT2D eigenvalue weighted by molar-refractivity contribution is 6.21. The molecule has 0 bridgehead atoms. The molecule has 0 spiro atoms. The van der Waals surface area contributed by atoms with Crippen LogP contribution in [0.1, 0.15) is 61.3 Å². The smallest absolute Gasteiger partial charge is 0.435 e. The average Bonchev–Trinajstić information content (AvgIpc) is 2.87. The number of hydroxylamine groups is 2. The molecule has 0 saturated heterocycles. The molecule has 0 unspecified atom stereocenters. The number of imide groups is 1. The van der Waals surface area contributed by atoms with Crippen LogP contribution in [-0.2, 0) is 9.57 Å². The van der Waals surface area contributed by atoms with Crippen molar-refractivity contribution in [2.24, 2.45) is 0 Å². The molecule has 28 heavy (non-hydrogen) atoms. The molecular formula is C21H28N2O5. The first-order chi connectivity index (χ1) is 13.2. The predicted octanol–water partition coefficient (Wildman–Crippen LogP) is 3.81. The molecule has 1 aliphatic heterocycles. The molecule has 0 N–H and O–H groups in total. The van der Waals surface area contributed by atoms with Crippen LogP contribution in [0, 0.1) is 0 Å². The van der Waals surface area contributed by atoms with Gasteiger partial charge in [-0.2, -0.15) is 5.06 Å². The summed E-state index contributed by atoms with van der Waals surface area (Å²) in [6, 6.07) is 5.90. The highest BCUT2D eigenvalue weighted by atomic mass is 16.7. The number of ether oxygens (including phenoxy) is 1. The van der Waals surface area contributed by atoms with Gasteiger partial charge >= 0.3 is 6.09 Å². The molecule has 1 heterocycles. The molecule has 0 aromatic heterocycles. The van der Waals surface area contributed by atoms with E-state index < -0.39 is 29.6 Å². The Kier molecular flexibility index (Phi) is 6.96. The van der Waals surface area contributed by atoms with Crippen LogP contribution in [0.3, 0.4) is 0 Å². The van der Waals surface area contributed by atoms with Crippen molar-refractivity contribution in [3.05, 3.63) is 48.0 Å². The van der Waals surface area contributed by atoms with Crippen molar-refractivity contribution in [1.29, 1.82) is 0 Å². The Morgan fingerprint density at radius 2 is 1.79 bits per heavy atom. The van der Waals surface area contributed by atoms with E-state index in [0.717, 1.165) is 22.8 Å². The number of nitrogens with zero attached hydrogens (tertiary/aromatic N) is 2. The zero-order valence-corrected chi connectivity index (χ0v) is 16.9. The average molecular weight is 388 g/mol. The third kappa shape index (κ3) is 4.98. The van der Waals surface area contributed by atoms with Gasteiger partial charge in [0.25, 0.3) is 11.8 Å². The molecule has 1 aromatic rings. The van der Waals surface area contributed by atoms with Crippen LogP contribution in [0.25, 0.3) is 0 Å². The van der Waals surface area contributed by atoms with Crippen LogP contribution < -0.4 is 0 Å². The fourth-order valence-corrected chi connectivity index (χ4v) is 2.73. The summed E-state index contributed by atoms with van der Waals surface area (Å²) in [6.07, 6.45) is 2.42. The molecule has 7 nitrogen and oxygen atoms in total. The van der Waals surface area contributed by atoms with Gasteiger partial charge < -0.3 is 4.74 Å². The molecule has 2 rings (SSSR count). The molecule has 1 aliphatic rings. The Labute approximate surface area is 165 Å². The predicted molar refractivity (Wildman–Crippen MR) is 105 cm³/mol. The number of amides is 3. The highest BCUT2D eigenvalue weighted by Crippen LogP contribution is 2.24. The fourth-order valence-electron chi connectivity index (χ4n) is 2.73. The standard InChI is InChI=1S/C21H28N2O5/c1-6-8-13-27-23(20(26)28-21(3,4)5)15(7-2)14-22-18(24)16-11-9-10-12-17(16)19(22)25/h7,9-12,15H,2,6,8,13-14H2,1,3-5H3/t15-/m1/s1. The zero-order chi connectivity index (χ0) is 20.9. The molecular weight excluding hydrogens is 360 g/mol. The minimum Gasteiger partial charge on any atom is -0.442 e. The van der Waals surface area contributed by atoms with Crippen LogP contribution in [-0.4, -0.2) is 52.7 Å². The van der Waals surface area contributed by atoms with Crippen molar-refractivity contribution in [3.63, 3.8) is 0 Å². The van der Waals surface area contributed by atoms with Crippen LogP contribution in [0.15, 0.2) is 36.9 Å². The molecule has 3 amide bonds. The summed E-state index contributed by atoms with van der Waals surface area (Å²) in [5.41, 5.74) is -0.0120. The van der Waals surface area contributed by atoms with Crippen molar-refractivity contribution < 1.29 is 24.0 Å². The molecule has 152 valence electrons. The second-order valence-corrected chi connectivity index (χ2v) is 7.56. The summed E-state index contributed by atoms with van der Waals surface area (Å²) in [7, 11) is 0. The van der Waals surface area contributed by atoms with E-state index >= 15 is 0 Å². The quantitative estimate of drug-likeness (QED) is 0.293. The molecule has 0 aliphatic carbocycles. The van der Waals surface area contributed by atoms with Crippen LogP contribution >= 0.6 is 0 Å². The Hall–Kier alpha value is -2.67. The lowest BCUT2D eigenvalue weighted by atomic mass is 10.1. The molecule has 7 heteroatoms. The molecule has 1 atom stereocenters. The number of unbranched alkanes of at least 4 members (excludes halogenated alkanes) is 1. The first kappa shape index (κ1) is 21.6.